The van der Waals surface area contributed by atoms with Crippen LogP contribution in [0.5, 0.6) is 0 Å². The molecular weight excluding hydrogens is 355 g/mol. The second kappa shape index (κ2) is 8.82. The van der Waals surface area contributed by atoms with Crippen LogP contribution in [0, 0.1) is 0 Å². The number of amides is 2. The van der Waals surface area contributed by atoms with Crippen LogP contribution in [-0.4, -0.2) is 17.6 Å². The molecule has 0 spiro atoms. The van der Waals surface area contributed by atoms with Gasteiger partial charge in [0.15, 0.2) is 0 Å². The van der Waals surface area contributed by atoms with Gasteiger partial charge in [-0.05, 0) is 29.8 Å². The fourth-order valence-electron chi connectivity index (χ4n) is 1.72. The first-order valence-corrected chi connectivity index (χ1v) is 8.63. The highest BCUT2D eigenvalue weighted by Crippen LogP contribution is 2.15. The van der Waals surface area contributed by atoms with Crippen molar-refractivity contribution in [3.05, 3.63) is 69.7 Å². The van der Waals surface area contributed by atoms with E-state index in [1.54, 1.807) is 36.4 Å². The van der Waals surface area contributed by atoms with Crippen molar-refractivity contribution in [3.8, 4) is 0 Å². The summed E-state index contributed by atoms with van der Waals surface area (Å²) in [4.78, 5) is 23.6. The summed E-state index contributed by atoms with van der Waals surface area (Å²) >= 11 is 13.2. The molecule has 2 aromatic carbocycles. The predicted molar refractivity (Wildman–Crippen MR) is 94.7 cm³/mol. The molecule has 0 bridgehead atoms. The summed E-state index contributed by atoms with van der Waals surface area (Å²) in [6, 6.07) is 14.1. The quantitative estimate of drug-likeness (QED) is 0.791. The third kappa shape index (κ3) is 5.78. The van der Waals surface area contributed by atoms with Gasteiger partial charge < -0.3 is 0 Å². The number of benzene rings is 2. The topological polar surface area (TPSA) is 58.2 Å². The molecule has 0 saturated heterocycles. The maximum Gasteiger partial charge on any atom is 0.271 e. The molecule has 0 aliphatic carbocycles. The highest BCUT2D eigenvalue weighted by Gasteiger charge is 2.10. The first-order valence-electron chi connectivity index (χ1n) is 6.72. The van der Waals surface area contributed by atoms with Crippen LogP contribution in [0.15, 0.2) is 48.5 Å². The number of rotatable bonds is 5. The van der Waals surface area contributed by atoms with Gasteiger partial charge in [0, 0.05) is 10.8 Å². The van der Waals surface area contributed by atoms with Crippen LogP contribution in [0.1, 0.15) is 15.9 Å². The molecule has 23 heavy (non-hydrogen) atoms. The SMILES string of the molecule is O=C(CSCc1ccc(Cl)cc1)NNC(=O)c1ccccc1Cl. The van der Waals surface area contributed by atoms with Crippen molar-refractivity contribution in [2.75, 3.05) is 5.75 Å². The summed E-state index contributed by atoms with van der Waals surface area (Å²) < 4.78 is 0. The molecule has 0 aromatic heterocycles. The Morgan fingerprint density at radius 3 is 2.35 bits per heavy atom. The average Bonchev–Trinajstić information content (AvgIpc) is 2.55. The number of carbonyl (C=O) groups excluding carboxylic acids is 2. The summed E-state index contributed by atoms with van der Waals surface area (Å²) in [5, 5.41) is 1.01. The fourth-order valence-corrected chi connectivity index (χ4v) is 2.85. The molecule has 2 rings (SSSR count). The zero-order valence-electron chi connectivity index (χ0n) is 12.0. The van der Waals surface area contributed by atoms with E-state index in [9.17, 15) is 9.59 Å². The molecule has 0 radical (unpaired) electrons. The molecule has 0 atom stereocenters. The number of hydrogen-bond acceptors (Lipinski definition) is 3. The summed E-state index contributed by atoms with van der Waals surface area (Å²) in [5.41, 5.74) is 6.09. The van der Waals surface area contributed by atoms with Crippen LogP contribution in [-0.2, 0) is 10.5 Å². The second-order valence-electron chi connectivity index (χ2n) is 4.60. The van der Waals surface area contributed by atoms with Crippen molar-refractivity contribution in [1.82, 2.24) is 10.9 Å². The summed E-state index contributed by atoms with van der Waals surface area (Å²) in [5.74, 6) is 0.171. The van der Waals surface area contributed by atoms with Crippen LogP contribution >= 0.6 is 35.0 Å². The molecule has 0 unspecified atom stereocenters. The molecule has 120 valence electrons. The standard InChI is InChI=1S/C16H14Cl2N2O2S/c17-12-7-5-11(6-8-12)9-23-10-15(21)19-20-16(22)13-3-1-2-4-14(13)18/h1-8H,9-10H2,(H,19,21)(H,20,22). The van der Waals surface area contributed by atoms with Crippen LogP contribution < -0.4 is 10.9 Å². The Morgan fingerprint density at radius 1 is 0.957 bits per heavy atom. The van der Waals surface area contributed by atoms with E-state index in [4.69, 9.17) is 23.2 Å². The summed E-state index contributed by atoms with van der Waals surface area (Å²) in [7, 11) is 0. The minimum atomic E-state index is -0.452. The molecule has 2 amide bonds. The van der Waals surface area contributed by atoms with Gasteiger partial charge in [0.05, 0.1) is 16.3 Å². The minimum Gasteiger partial charge on any atom is -0.272 e. The van der Waals surface area contributed by atoms with Crippen LogP contribution in [0.3, 0.4) is 0 Å². The largest absolute Gasteiger partial charge is 0.272 e. The highest BCUT2D eigenvalue weighted by molar-refractivity contribution is 7.99. The van der Waals surface area contributed by atoms with Gasteiger partial charge in [-0.15, -0.1) is 11.8 Å². The third-order valence-corrected chi connectivity index (χ3v) is 4.43. The molecule has 4 nitrogen and oxygen atoms in total. The molecule has 0 aliphatic rings. The second-order valence-corrected chi connectivity index (χ2v) is 6.43. The number of thioether (sulfide) groups is 1. The van der Waals surface area contributed by atoms with E-state index in [2.05, 4.69) is 10.9 Å². The van der Waals surface area contributed by atoms with E-state index < -0.39 is 5.91 Å². The maximum absolute atomic E-state index is 11.9. The lowest BCUT2D eigenvalue weighted by atomic mass is 10.2. The Hall–Kier alpha value is -1.69. The lowest BCUT2D eigenvalue weighted by Gasteiger charge is -2.08. The lowest BCUT2D eigenvalue weighted by Crippen LogP contribution is -2.42. The van der Waals surface area contributed by atoms with Gasteiger partial charge in [0.1, 0.15) is 0 Å². The van der Waals surface area contributed by atoms with E-state index in [0.29, 0.717) is 21.4 Å². The molecule has 7 heteroatoms. The number of hydrazine groups is 1. The van der Waals surface area contributed by atoms with Gasteiger partial charge in [0.2, 0.25) is 5.91 Å². The van der Waals surface area contributed by atoms with Crippen LogP contribution in [0.2, 0.25) is 10.0 Å². The number of halogens is 2. The van der Waals surface area contributed by atoms with Crippen molar-refractivity contribution in [1.29, 1.82) is 0 Å². The zero-order chi connectivity index (χ0) is 16.7. The third-order valence-electron chi connectivity index (χ3n) is 2.85. The first kappa shape index (κ1) is 17.7. The highest BCUT2D eigenvalue weighted by atomic mass is 35.5. The Labute approximate surface area is 148 Å². The molecular formula is C16H14Cl2N2O2S. The van der Waals surface area contributed by atoms with Gasteiger partial charge in [-0.2, -0.15) is 0 Å². The molecule has 0 fully saturated rings. The number of hydrogen-bond donors (Lipinski definition) is 2. The molecule has 0 heterocycles. The number of nitrogens with one attached hydrogen (secondary N) is 2. The minimum absolute atomic E-state index is 0.228. The van der Waals surface area contributed by atoms with Gasteiger partial charge in [0.25, 0.3) is 5.91 Å². The van der Waals surface area contributed by atoms with Crippen molar-refractivity contribution >= 4 is 46.8 Å². The van der Waals surface area contributed by atoms with E-state index >= 15 is 0 Å². The van der Waals surface area contributed by atoms with Gasteiger partial charge in [-0.1, -0.05) is 47.5 Å². The van der Waals surface area contributed by atoms with Gasteiger partial charge in [-0.25, -0.2) is 0 Å². The Kier molecular flexibility index (Phi) is 6.77. The molecule has 2 N–H and O–H groups in total. The van der Waals surface area contributed by atoms with Crippen LogP contribution in [0.4, 0.5) is 0 Å². The Morgan fingerprint density at radius 2 is 1.65 bits per heavy atom. The maximum atomic E-state index is 11.9. The van der Waals surface area contributed by atoms with Crippen molar-refractivity contribution < 1.29 is 9.59 Å². The van der Waals surface area contributed by atoms with E-state index in [-0.39, 0.29) is 11.7 Å². The average molecular weight is 369 g/mol. The van der Waals surface area contributed by atoms with E-state index in [1.165, 1.54) is 11.8 Å². The summed E-state index contributed by atoms with van der Waals surface area (Å²) in [6.45, 7) is 0. The monoisotopic (exact) mass is 368 g/mol. The Bertz CT molecular complexity index is 693. The van der Waals surface area contributed by atoms with Gasteiger partial charge >= 0.3 is 0 Å². The molecule has 2 aromatic rings. The van der Waals surface area contributed by atoms with Crippen molar-refractivity contribution in [2.24, 2.45) is 0 Å². The normalized spacial score (nSPS) is 10.2. The summed E-state index contributed by atoms with van der Waals surface area (Å²) in [6.07, 6.45) is 0. The van der Waals surface area contributed by atoms with E-state index in [1.807, 2.05) is 12.1 Å². The fraction of sp³-hybridized carbons (Fsp3) is 0.125. The Balaban J connectivity index is 1.72. The smallest absolute Gasteiger partial charge is 0.271 e. The first-order chi connectivity index (χ1) is 11.1. The molecule has 0 saturated carbocycles. The number of carbonyl (C=O) groups is 2. The predicted octanol–water partition coefficient (Wildman–Crippen LogP) is 3.69. The van der Waals surface area contributed by atoms with Crippen LogP contribution in [0.25, 0.3) is 0 Å². The zero-order valence-corrected chi connectivity index (χ0v) is 14.3. The van der Waals surface area contributed by atoms with E-state index in [0.717, 1.165) is 5.56 Å². The van der Waals surface area contributed by atoms with Gasteiger partial charge in [-0.3, -0.25) is 20.4 Å². The lowest BCUT2D eigenvalue weighted by molar-refractivity contribution is -0.119. The molecule has 0 aliphatic heterocycles. The van der Waals surface area contributed by atoms with Crippen molar-refractivity contribution in [3.63, 3.8) is 0 Å². The van der Waals surface area contributed by atoms with Crippen molar-refractivity contribution in [2.45, 2.75) is 5.75 Å².